The lowest BCUT2D eigenvalue weighted by atomic mass is 9.66. The molecule has 2 saturated heterocycles. The summed E-state index contributed by atoms with van der Waals surface area (Å²) in [6.45, 7) is 4.58. The molecule has 1 unspecified atom stereocenters. The number of fused-ring (bicyclic) bond motifs is 1. The van der Waals surface area contributed by atoms with E-state index in [4.69, 9.17) is 0 Å². The van der Waals surface area contributed by atoms with E-state index in [0.717, 1.165) is 30.1 Å². The normalized spacial score (nSPS) is 25.8. The third kappa shape index (κ3) is 4.33. The van der Waals surface area contributed by atoms with E-state index in [0.29, 0.717) is 23.9 Å². The maximum Gasteiger partial charge on any atom is 0.255 e. The number of hydrogen-bond donors (Lipinski definition) is 3. The quantitative estimate of drug-likeness (QED) is 0.613. The first kappa shape index (κ1) is 21.6. The average molecular weight is 439 g/mol. The number of benzene rings is 1. The fraction of sp³-hybridized carbons (Fsp3) is 0.640. The van der Waals surface area contributed by atoms with E-state index in [1.54, 1.807) is 4.90 Å². The van der Waals surface area contributed by atoms with Gasteiger partial charge in [-0.3, -0.25) is 19.7 Å². The molecule has 7 heteroatoms. The van der Waals surface area contributed by atoms with Gasteiger partial charge >= 0.3 is 0 Å². The molecule has 4 aliphatic rings. The zero-order valence-electron chi connectivity index (χ0n) is 18.8. The zero-order valence-corrected chi connectivity index (χ0v) is 18.8. The van der Waals surface area contributed by atoms with Gasteiger partial charge in [-0.2, -0.15) is 0 Å². The van der Waals surface area contributed by atoms with Crippen LogP contribution in [0.25, 0.3) is 0 Å². The van der Waals surface area contributed by atoms with E-state index in [-0.39, 0.29) is 24.1 Å². The molecule has 3 amide bonds. The fourth-order valence-electron chi connectivity index (χ4n) is 6.08. The number of nitrogens with zero attached hydrogens (tertiary/aromatic N) is 1. The van der Waals surface area contributed by atoms with Crippen molar-refractivity contribution in [1.82, 2.24) is 20.9 Å². The Morgan fingerprint density at radius 1 is 1.03 bits per heavy atom. The maximum absolute atomic E-state index is 13.0. The van der Waals surface area contributed by atoms with Crippen molar-refractivity contribution in [2.24, 2.45) is 11.3 Å². The van der Waals surface area contributed by atoms with E-state index in [9.17, 15) is 14.4 Å². The van der Waals surface area contributed by atoms with Crippen molar-refractivity contribution in [1.29, 1.82) is 0 Å². The summed E-state index contributed by atoms with van der Waals surface area (Å²) in [7, 11) is 0. The Kier molecular flexibility index (Phi) is 6.03. The molecule has 0 bridgehead atoms. The third-order valence-corrected chi connectivity index (χ3v) is 8.18. The summed E-state index contributed by atoms with van der Waals surface area (Å²) in [6, 6.07) is 5.51. The van der Waals surface area contributed by atoms with Crippen molar-refractivity contribution in [2.45, 2.75) is 70.5 Å². The van der Waals surface area contributed by atoms with Crippen LogP contribution in [0.15, 0.2) is 18.2 Å². The molecular formula is C25H34N4O3. The van der Waals surface area contributed by atoms with Crippen LogP contribution in [0.2, 0.25) is 0 Å². The lowest BCUT2D eigenvalue weighted by molar-refractivity contribution is -0.136. The van der Waals surface area contributed by atoms with E-state index in [1.165, 1.54) is 51.6 Å². The topological polar surface area (TPSA) is 90.5 Å². The third-order valence-electron chi connectivity index (χ3n) is 8.18. The van der Waals surface area contributed by atoms with Gasteiger partial charge in [-0.1, -0.05) is 12.1 Å². The van der Waals surface area contributed by atoms with Crippen LogP contribution < -0.4 is 16.0 Å². The highest BCUT2D eigenvalue weighted by atomic mass is 16.2. The van der Waals surface area contributed by atoms with Crippen LogP contribution in [0.4, 0.5) is 0 Å². The number of rotatable bonds is 5. The number of amides is 3. The first-order chi connectivity index (χ1) is 15.5. The highest BCUT2D eigenvalue weighted by molar-refractivity contribution is 6.05. The largest absolute Gasteiger partial charge is 0.322 e. The van der Waals surface area contributed by atoms with Crippen LogP contribution in [-0.2, 0) is 22.7 Å². The van der Waals surface area contributed by atoms with Gasteiger partial charge in [0, 0.05) is 25.1 Å². The van der Waals surface area contributed by atoms with Crippen LogP contribution in [0.5, 0.6) is 0 Å². The van der Waals surface area contributed by atoms with Gasteiger partial charge in [0.1, 0.15) is 6.04 Å². The molecule has 32 heavy (non-hydrogen) atoms. The van der Waals surface area contributed by atoms with Crippen molar-refractivity contribution in [3.8, 4) is 0 Å². The Morgan fingerprint density at radius 3 is 2.56 bits per heavy atom. The van der Waals surface area contributed by atoms with Gasteiger partial charge in [0.05, 0.1) is 0 Å². The van der Waals surface area contributed by atoms with Gasteiger partial charge in [0.25, 0.3) is 5.91 Å². The molecule has 0 radical (unpaired) electrons. The van der Waals surface area contributed by atoms with Crippen LogP contribution in [-0.4, -0.2) is 48.3 Å². The molecule has 172 valence electrons. The molecule has 1 aromatic rings. The van der Waals surface area contributed by atoms with E-state index in [2.05, 4.69) is 22.0 Å². The van der Waals surface area contributed by atoms with Gasteiger partial charge in [0.2, 0.25) is 11.8 Å². The second kappa shape index (κ2) is 8.94. The first-order valence-corrected chi connectivity index (χ1v) is 12.2. The predicted molar refractivity (Wildman–Crippen MR) is 121 cm³/mol. The number of nitrogens with one attached hydrogen (secondary N) is 3. The second-order valence-corrected chi connectivity index (χ2v) is 10.2. The lowest BCUT2D eigenvalue weighted by Gasteiger charge is -2.43. The molecule has 3 aliphatic heterocycles. The molecule has 3 fully saturated rings. The Balaban J connectivity index is 1.13. The Labute approximate surface area is 189 Å². The minimum Gasteiger partial charge on any atom is -0.322 e. The molecule has 1 saturated carbocycles. The van der Waals surface area contributed by atoms with E-state index < -0.39 is 6.04 Å². The molecular weight excluding hydrogens is 404 g/mol. The summed E-state index contributed by atoms with van der Waals surface area (Å²) in [5.41, 5.74) is 3.37. The SMILES string of the molecule is O=C1CCC(N2Cc3ccc(CNCC4CCC5(CCNCC5)CC4)cc3C2=O)C(=O)N1. The van der Waals surface area contributed by atoms with Gasteiger partial charge in [-0.05, 0) is 93.1 Å². The number of hydrogen-bond acceptors (Lipinski definition) is 5. The Bertz CT molecular complexity index is 898. The van der Waals surface area contributed by atoms with Gasteiger partial charge < -0.3 is 15.5 Å². The maximum atomic E-state index is 13.0. The van der Waals surface area contributed by atoms with Crippen LogP contribution in [0.1, 0.15) is 72.9 Å². The number of carbonyl (C=O) groups excluding carboxylic acids is 3. The van der Waals surface area contributed by atoms with Gasteiger partial charge in [-0.15, -0.1) is 0 Å². The predicted octanol–water partition coefficient (Wildman–Crippen LogP) is 2.10. The smallest absolute Gasteiger partial charge is 0.255 e. The summed E-state index contributed by atoms with van der Waals surface area (Å²) in [6.07, 6.45) is 8.73. The lowest BCUT2D eigenvalue weighted by Crippen LogP contribution is -2.52. The molecule has 1 aromatic carbocycles. The molecule has 1 spiro atoms. The highest BCUT2D eigenvalue weighted by Gasteiger charge is 2.39. The van der Waals surface area contributed by atoms with Crippen molar-refractivity contribution in [3.05, 3.63) is 34.9 Å². The number of imide groups is 1. The number of carbonyl (C=O) groups is 3. The molecule has 0 aromatic heterocycles. The molecule has 3 N–H and O–H groups in total. The first-order valence-electron chi connectivity index (χ1n) is 12.2. The van der Waals surface area contributed by atoms with Crippen molar-refractivity contribution in [3.63, 3.8) is 0 Å². The standard InChI is InChI=1S/C25H34N4O3/c30-22-4-3-21(23(31)28-22)29-16-19-2-1-18(13-20(19)24(29)32)15-27-14-17-5-7-25(8-6-17)9-11-26-12-10-25/h1-2,13,17,21,26-27H,3-12,14-16H2,(H,28,30,31). The van der Waals surface area contributed by atoms with Gasteiger partial charge in [0.15, 0.2) is 0 Å². The Hall–Kier alpha value is -2.25. The highest BCUT2D eigenvalue weighted by Crippen LogP contribution is 2.44. The summed E-state index contributed by atoms with van der Waals surface area (Å²) in [4.78, 5) is 38.2. The number of piperidine rings is 2. The van der Waals surface area contributed by atoms with E-state index in [1.807, 2.05) is 12.1 Å². The summed E-state index contributed by atoms with van der Waals surface area (Å²) < 4.78 is 0. The molecule has 7 nitrogen and oxygen atoms in total. The van der Waals surface area contributed by atoms with Crippen LogP contribution >= 0.6 is 0 Å². The minimum atomic E-state index is -0.552. The van der Waals surface area contributed by atoms with Crippen LogP contribution in [0, 0.1) is 11.3 Å². The van der Waals surface area contributed by atoms with Crippen molar-refractivity contribution in [2.75, 3.05) is 19.6 Å². The molecule has 5 rings (SSSR count). The monoisotopic (exact) mass is 438 g/mol. The molecule has 1 aliphatic carbocycles. The summed E-state index contributed by atoms with van der Waals surface area (Å²) in [5, 5.41) is 9.47. The minimum absolute atomic E-state index is 0.101. The second-order valence-electron chi connectivity index (χ2n) is 10.2. The van der Waals surface area contributed by atoms with E-state index >= 15 is 0 Å². The summed E-state index contributed by atoms with van der Waals surface area (Å²) in [5.74, 6) is 0.0289. The van der Waals surface area contributed by atoms with Crippen molar-refractivity contribution < 1.29 is 14.4 Å². The van der Waals surface area contributed by atoms with Crippen molar-refractivity contribution >= 4 is 17.7 Å². The zero-order chi connectivity index (χ0) is 22.1. The average Bonchev–Trinajstić information content (AvgIpc) is 3.12. The fourth-order valence-corrected chi connectivity index (χ4v) is 6.08. The van der Waals surface area contributed by atoms with Gasteiger partial charge in [-0.25, -0.2) is 0 Å². The summed E-state index contributed by atoms with van der Waals surface area (Å²) >= 11 is 0. The van der Waals surface area contributed by atoms with Crippen LogP contribution in [0.3, 0.4) is 0 Å². The Morgan fingerprint density at radius 2 is 1.81 bits per heavy atom. The molecule has 3 heterocycles. The molecule has 1 atom stereocenters.